The molecule has 1 saturated heterocycles. The molecule has 1 N–H and O–H groups in total. The zero-order chi connectivity index (χ0) is 24.8. The lowest BCUT2D eigenvalue weighted by molar-refractivity contribution is -0.123. The number of likely N-dealkylation sites (N-methyl/N-ethyl adjacent to an activating group) is 1. The first-order valence-electron chi connectivity index (χ1n) is 12.0. The number of hydrogen-bond donors (Lipinski definition) is 1. The van der Waals surface area contributed by atoms with Crippen LogP contribution in [0, 0.1) is 6.92 Å². The van der Waals surface area contributed by atoms with Crippen molar-refractivity contribution in [3.8, 4) is 11.4 Å². The summed E-state index contributed by atoms with van der Waals surface area (Å²) >= 11 is 6.28. The summed E-state index contributed by atoms with van der Waals surface area (Å²) in [7, 11) is 2.05. The lowest BCUT2D eigenvalue weighted by Crippen LogP contribution is -2.57. The molecule has 1 fully saturated rings. The Hall–Kier alpha value is -3.69. The van der Waals surface area contributed by atoms with E-state index in [1.165, 1.54) is 0 Å². The molecule has 0 spiro atoms. The van der Waals surface area contributed by atoms with Crippen LogP contribution in [0.4, 0.5) is 0 Å². The number of aryl methyl sites for hydroxylation is 2. The van der Waals surface area contributed by atoms with Crippen molar-refractivity contribution >= 4 is 34.2 Å². The number of halogens is 1. The van der Waals surface area contributed by atoms with Crippen LogP contribution in [0.25, 0.3) is 28.1 Å². The fraction of sp³-hybridized carbons (Fsp3) is 0.308. The smallest absolute Gasteiger partial charge is 0.222 e. The molecule has 184 valence electrons. The number of benzene rings is 1. The van der Waals surface area contributed by atoms with E-state index >= 15 is 0 Å². The molecule has 10 heteroatoms. The number of likely N-dealkylation sites (tertiary alicyclic amines) is 1. The molecule has 5 heterocycles. The molecule has 1 aromatic carbocycles. The van der Waals surface area contributed by atoms with E-state index in [1.807, 2.05) is 48.1 Å². The minimum Gasteiger partial charge on any atom is -0.351 e. The maximum atomic E-state index is 12.3. The first kappa shape index (κ1) is 22.8. The Kier molecular flexibility index (Phi) is 5.73. The van der Waals surface area contributed by atoms with Crippen LogP contribution >= 0.6 is 11.6 Å². The second-order valence-corrected chi connectivity index (χ2v) is 9.93. The summed E-state index contributed by atoms with van der Waals surface area (Å²) < 4.78 is 6.14. The number of aromatic nitrogens is 6. The minimum atomic E-state index is 0.0608. The van der Waals surface area contributed by atoms with Crippen LogP contribution in [0.15, 0.2) is 54.7 Å². The topological polar surface area (TPSA) is 85.3 Å². The van der Waals surface area contributed by atoms with Gasteiger partial charge in [0.1, 0.15) is 11.5 Å². The van der Waals surface area contributed by atoms with Gasteiger partial charge in [-0.3, -0.25) is 13.9 Å². The minimum absolute atomic E-state index is 0.0608. The van der Waals surface area contributed by atoms with Gasteiger partial charge >= 0.3 is 0 Å². The summed E-state index contributed by atoms with van der Waals surface area (Å²) in [6.45, 7) is 4.94. The molecule has 6 rings (SSSR count). The first-order chi connectivity index (χ1) is 17.4. The number of carbonyl (C=O) groups is 1. The summed E-state index contributed by atoms with van der Waals surface area (Å²) in [4.78, 5) is 14.5. The van der Waals surface area contributed by atoms with Crippen molar-refractivity contribution in [3.63, 3.8) is 0 Å². The third-order valence-electron chi connectivity index (χ3n) is 6.73. The highest BCUT2D eigenvalue weighted by atomic mass is 35.5. The fourth-order valence-corrected chi connectivity index (χ4v) is 5.18. The van der Waals surface area contributed by atoms with Crippen molar-refractivity contribution in [3.05, 3.63) is 71.1 Å². The highest BCUT2D eigenvalue weighted by Crippen LogP contribution is 2.30. The van der Waals surface area contributed by atoms with Crippen LogP contribution in [0.1, 0.15) is 17.8 Å². The SMILES string of the molecule is Cc1nnc2ccc3c(cc(-c4ccn(CCC(=O)NC5CN(C)C5)n4)n3Cc3cccc(Cl)c3)n12. The third kappa shape index (κ3) is 4.25. The molecule has 9 nitrogen and oxygen atoms in total. The van der Waals surface area contributed by atoms with Crippen molar-refractivity contribution < 1.29 is 4.79 Å². The number of fused-ring (bicyclic) bond motifs is 3. The Labute approximate surface area is 213 Å². The normalized spacial score (nSPS) is 14.5. The van der Waals surface area contributed by atoms with Gasteiger partial charge in [-0.05, 0) is 55.9 Å². The number of rotatable bonds is 7. The molecule has 0 bridgehead atoms. The summed E-state index contributed by atoms with van der Waals surface area (Å²) in [5.41, 5.74) is 5.80. The molecule has 0 unspecified atom stereocenters. The Morgan fingerprint density at radius 2 is 1.97 bits per heavy atom. The zero-order valence-electron chi connectivity index (χ0n) is 20.2. The van der Waals surface area contributed by atoms with E-state index in [1.54, 1.807) is 0 Å². The maximum Gasteiger partial charge on any atom is 0.222 e. The number of hydrogen-bond acceptors (Lipinski definition) is 5. The second-order valence-electron chi connectivity index (χ2n) is 9.49. The van der Waals surface area contributed by atoms with Gasteiger partial charge in [-0.15, -0.1) is 10.2 Å². The molecule has 0 atom stereocenters. The monoisotopic (exact) mass is 502 g/mol. The molecular formula is C26H27ClN8O. The lowest BCUT2D eigenvalue weighted by Gasteiger charge is -2.36. The Bertz CT molecular complexity index is 1580. The largest absolute Gasteiger partial charge is 0.351 e. The first-order valence-corrected chi connectivity index (χ1v) is 12.4. The van der Waals surface area contributed by atoms with E-state index in [9.17, 15) is 4.79 Å². The van der Waals surface area contributed by atoms with Crippen molar-refractivity contribution in [2.45, 2.75) is 32.5 Å². The summed E-state index contributed by atoms with van der Waals surface area (Å²) in [6, 6.07) is 16.3. The number of carbonyl (C=O) groups excluding carboxylic acids is 1. The van der Waals surface area contributed by atoms with Gasteiger partial charge in [0.15, 0.2) is 5.65 Å². The van der Waals surface area contributed by atoms with Gasteiger partial charge in [0, 0.05) is 43.8 Å². The van der Waals surface area contributed by atoms with E-state index in [0.717, 1.165) is 52.5 Å². The van der Waals surface area contributed by atoms with Crippen LogP contribution in [0.3, 0.4) is 0 Å². The average Bonchev–Trinajstić information content (AvgIpc) is 3.54. The van der Waals surface area contributed by atoms with Gasteiger partial charge < -0.3 is 14.8 Å². The molecule has 4 aromatic heterocycles. The maximum absolute atomic E-state index is 12.3. The van der Waals surface area contributed by atoms with Crippen LogP contribution < -0.4 is 5.32 Å². The van der Waals surface area contributed by atoms with Gasteiger partial charge in [-0.1, -0.05) is 23.7 Å². The van der Waals surface area contributed by atoms with Crippen molar-refractivity contribution in [2.24, 2.45) is 0 Å². The third-order valence-corrected chi connectivity index (χ3v) is 6.96. The molecule has 36 heavy (non-hydrogen) atoms. The molecule has 0 saturated carbocycles. The lowest BCUT2D eigenvalue weighted by atomic mass is 10.1. The van der Waals surface area contributed by atoms with E-state index in [0.29, 0.717) is 24.5 Å². The summed E-state index contributed by atoms with van der Waals surface area (Å²) in [6.07, 6.45) is 2.33. The molecule has 1 amide bonds. The van der Waals surface area contributed by atoms with E-state index in [4.69, 9.17) is 16.7 Å². The second kappa shape index (κ2) is 9.07. The van der Waals surface area contributed by atoms with E-state index < -0.39 is 0 Å². The van der Waals surface area contributed by atoms with Crippen LogP contribution in [-0.2, 0) is 17.9 Å². The van der Waals surface area contributed by atoms with Crippen molar-refractivity contribution in [2.75, 3.05) is 20.1 Å². The van der Waals surface area contributed by atoms with Gasteiger partial charge in [0.05, 0.1) is 22.8 Å². The fourth-order valence-electron chi connectivity index (χ4n) is 4.97. The zero-order valence-corrected chi connectivity index (χ0v) is 21.0. The van der Waals surface area contributed by atoms with Gasteiger partial charge in [0.2, 0.25) is 5.91 Å². The highest BCUT2D eigenvalue weighted by molar-refractivity contribution is 6.30. The standard InChI is InChI=1S/C26H27ClN8O/c1-17-29-30-25-7-6-22-24(35(17)25)13-23(34(22)14-18-4-3-5-19(27)12-18)21-8-10-33(31-21)11-9-26(36)28-20-15-32(2)16-20/h3-8,10,12-13,20H,9,11,14-16H2,1-2H3,(H,28,36). The number of pyridine rings is 1. The summed E-state index contributed by atoms with van der Waals surface area (Å²) in [5, 5.41) is 17.2. The van der Waals surface area contributed by atoms with Gasteiger partial charge in [-0.2, -0.15) is 5.10 Å². The average molecular weight is 503 g/mol. The Morgan fingerprint density at radius 1 is 1.11 bits per heavy atom. The number of nitrogens with zero attached hydrogens (tertiary/aromatic N) is 7. The molecule has 1 aliphatic heterocycles. The van der Waals surface area contributed by atoms with Crippen molar-refractivity contribution in [1.29, 1.82) is 0 Å². The molecule has 0 aliphatic carbocycles. The Balaban J connectivity index is 1.32. The summed E-state index contributed by atoms with van der Waals surface area (Å²) in [5.74, 6) is 0.891. The Morgan fingerprint density at radius 3 is 2.78 bits per heavy atom. The molecular weight excluding hydrogens is 476 g/mol. The number of nitrogens with one attached hydrogen (secondary N) is 1. The van der Waals surface area contributed by atoms with Crippen molar-refractivity contribution in [1.82, 2.24) is 39.2 Å². The van der Waals surface area contributed by atoms with Crippen LogP contribution in [-0.4, -0.2) is 65.9 Å². The van der Waals surface area contributed by atoms with Crippen LogP contribution in [0.2, 0.25) is 5.02 Å². The predicted octanol–water partition coefficient (Wildman–Crippen LogP) is 3.38. The molecule has 0 radical (unpaired) electrons. The predicted molar refractivity (Wildman–Crippen MR) is 139 cm³/mol. The quantitative estimate of drug-likeness (QED) is 0.369. The molecule has 1 aliphatic rings. The number of amides is 1. The van der Waals surface area contributed by atoms with Crippen LogP contribution in [0.5, 0.6) is 0 Å². The van der Waals surface area contributed by atoms with E-state index in [2.05, 4.69) is 54.6 Å². The molecule has 5 aromatic rings. The van der Waals surface area contributed by atoms with Gasteiger partial charge in [0.25, 0.3) is 0 Å². The van der Waals surface area contributed by atoms with E-state index in [-0.39, 0.29) is 11.9 Å². The highest BCUT2D eigenvalue weighted by Gasteiger charge is 2.24. The van der Waals surface area contributed by atoms with Gasteiger partial charge in [-0.25, -0.2) is 0 Å².